The summed E-state index contributed by atoms with van der Waals surface area (Å²) in [4.78, 5) is 11.4. The number of ether oxygens (including phenoxy) is 1. The van der Waals surface area contributed by atoms with E-state index in [1.54, 1.807) is 6.08 Å². The van der Waals surface area contributed by atoms with Crippen LogP contribution >= 0.6 is 0 Å². The smallest absolute Gasteiger partial charge is 0.246 e. The minimum absolute atomic E-state index is 0.00845. The maximum absolute atomic E-state index is 11.4. The summed E-state index contributed by atoms with van der Waals surface area (Å²) in [5.74, 6) is -0.0686. The second kappa shape index (κ2) is 6.58. The molecule has 0 saturated carbocycles. The molecule has 1 aliphatic heterocycles. The molecule has 1 fully saturated rings. The number of nitrogens with one attached hydrogen (secondary N) is 2. The van der Waals surface area contributed by atoms with Gasteiger partial charge in [-0.05, 0) is 32.9 Å². The molecule has 0 spiro atoms. The Kier molecular flexibility index (Phi) is 5.36. The topological polar surface area (TPSA) is 50.4 Å². The van der Waals surface area contributed by atoms with Crippen LogP contribution in [0.4, 0.5) is 0 Å². The second-order valence-corrected chi connectivity index (χ2v) is 3.85. The summed E-state index contributed by atoms with van der Waals surface area (Å²) in [6.45, 7) is 7.60. The third-order valence-electron chi connectivity index (χ3n) is 2.48. The summed E-state index contributed by atoms with van der Waals surface area (Å²) in [5, 5.41) is 6.02. The maximum atomic E-state index is 11.4. The molecule has 0 aromatic carbocycles. The van der Waals surface area contributed by atoms with E-state index in [0.717, 1.165) is 25.9 Å². The number of hydrogen-bond donors (Lipinski definition) is 2. The van der Waals surface area contributed by atoms with Crippen molar-refractivity contribution in [2.75, 3.05) is 19.7 Å². The first-order valence-corrected chi connectivity index (χ1v) is 5.46. The van der Waals surface area contributed by atoms with Crippen LogP contribution in [0, 0.1) is 0 Å². The van der Waals surface area contributed by atoms with E-state index in [9.17, 15) is 4.79 Å². The van der Waals surface area contributed by atoms with E-state index in [1.807, 2.05) is 6.92 Å². The van der Waals surface area contributed by atoms with Gasteiger partial charge in [0, 0.05) is 6.04 Å². The van der Waals surface area contributed by atoms with Crippen LogP contribution in [-0.2, 0) is 9.53 Å². The molecule has 0 aliphatic carbocycles. The van der Waals surface area contributed by atoms with Crippen LogP contribution in [0.5, 0.6) is 0 Å². The Bertz CT molecular complexity index is 213. The molecule has 4 heteroatoms. The van der Waals surface area contributed by atoms with Gasteiger partial charge in [-0.25, -0.2) is 0 Å². The van der Waals surface area contributed by atoms with Crippen molar-refractivity contribution in [2.45, 2.75) is 31.9 Å². The number of rotatable bonds is 5. The summed E-state index contributed by atoms with van der Waals surface area (Å²) in [5.41, 5.74) is 0. The first kappa shape index (κ1) is 12.2. The molecule has 15 heavy (non-hydrogen) atoms. The van der Waals surface area contributed by atoms with Crippen molar-refractivity contribution in [1.82, 2.24) is 10.6 Å². The van der Waals surface area contributed by atoms with Crippen molar-refractivity contribution >= 4 is 5.91 Å². The zero-order valence-corrected chi connectivity index (χ0v) is 9.29. The summed E-state index contributed by atoms with van der Waals surface area (Å²) < 4.78 is 5.50. The number of amides is 1. The minimum atomic E-state index is -0.0686. The van der Waals surface area contributed by atoms with Gasteiger partial charge in [0.15, 0.2) is 0 Å². The highest BCUT2D eigenvalue weighted by Gasteiger charge is 2.14. The van der Waals surface area contributed by atoms with Gasteiger partial charge in [-0.3, -0.25) is 4.79 Å². The van der Waals surface area contributed by atoms with Crippen LogP contribution in [0.3, 0.4) is 0 Å². The molecule has 86 valence electrons. The Morgan fingerprint density at radius 2 is 2.33 bits per heavy atom. The molecule has 1 amide bonds. The Morgan fingerprint density at radius 1 is 1.67 bits per heavy atom. The zero-order valence-electron chi connectivity index (χ0n) is 9.29. The molecule has 1 saturated heterocycles. The molecular weight excluding hydrogens is 192 g/mol. The lowest BCUT2D eigenvalue weighted by Crippen LogP contribution is -2.37. The predicted molar refractivity (Wildman–Crippen MR) is 59.6 cm³/mol. The lowest BCUT2D eigenvalue weighted by molar-refractivity contribution is -0.128. The molecule has 1 aliphatic rings. The van der Waals surface area contributed by atoms with Gasteiger partial charge in [-0.15, -0.1) is 6.58 Å². The van der Waals surface area contributed by atoms with E-state index in [0.29, 0.717) is 0 Å². The molecule has 0 bridgehead atoms. The van der Waals surface area contributed by atoms with Gasteiger partial charge in [0.05, 0.1) is 6.10 Å². The van der Waals surface area contributed by atoms with Crippen molar-refractivity contribution < 1.29 is 9.53 Å². The van der Waals surface area contributed by atoms with E-state index in [2.05, 4.69) is 17.2 Å². The SMILES string of the molecule is C=CC(C)NC(=O)COC1CCNCC1. The van der Waals surface area contributed by atoms with E-state index in [1.165, 1.54) is 0 Å². The highest BCUT2D eigenvalue weighted by molar-refractivity contribution is 5.77. The standard InChI is InChI=1S/C11H20N2O2/c1-3-9(2)13-11(14)8-15-10-4-6-12-7-5-10/h3,9-10,12H,1,4-8H2,2H3,(H,13,14). The molecule has 0 radical (unpaired) electrons. The highest BCUT2D eigenvalue weighted by atomic mass is 16.5. The highest BCUT2D eigenvalue weighted by Crippen LogP contribution is 2.06. The Labute approximate surface area is 91.1 Å². The fraction of sp³-hybridized carbons (Fsp3) is 0.727. The van der Waals surface area contributed by atoms with Crippen molar-refractivity contribution in [3.8, 4) is 0 Å². The van der Waals surface area contributed by atoms with Gasteiger partial charge in [0.2, 0.25) is 5.91 Å². The summed E-state index contributed by atoms with van der Waals surface area (Å²) in [7, 11) is 0. The molecule has 4 nitrogen and oxygen atoms in total. The fourth-order valence-corrected chi connectivity index (χ4v) is 1.51. The van der Waals surface area contributed by atoms with Crippen molar-refractivity contribution in [2.24, 2.45) is 0 Å². The van der Waals surface area contributed by atoms with Crippen LogP contribution in [0.15, 0.2) is 12.7 Å². The third kappa shape index (κ3) is 4.95. The van der Waals surface area contributed by atoms with Crippen molar-refractivity contribution in [3.63, 3.8) is 0 Å². The number of hydrogen-bond acceptors (Lipinski definition) is 3. The molecule has 0 aromatic rings. The normalized spacial score (nSPS) is 19.5. The fourth-order valence-electron chi connectivity index (χ4n) is 1.51. The van der Waals surface area contributed by atoms with E-state index in [4.69, 9.17) is 4.74 Å². The van der Waals surface area contributed by atoms with Gasteiger partial charge < -0.3 is 15.4 Å². The Balaban J connectivity index is 2.12. The van der Waals surface area contributed by atoms with E-state index >= 15 is 0 Å². The summed E-state index contributed by atoms with van der Waals surface area (Å²) in [6, 6.07) is 0.00845. The van der Waals surface area contributed by atoms with Crippen molar-refractivity contribution in [3.05, 3.63) is 12.7 Å². The number of carbonyl (C=O) groups is 1. The van der Waals surface area contributed by atoms with Gasteiger partial charge in [0.25, 0.3) is 0 Å². The van der Waals surface area contributed by atoms with Crippen LogP contribution in [0.1, 0.15) is 19.8 Å². The molecule has 1 rings (SSSR count). The first-order chi connectivity index (χ1) is 7.22. The van der Waals surface area contributed by atoms with Crippen LogP contribution < -0.4 is 10.6 Å². The summed E-state index contributed by atoms with van der Waals surface area (Å²) in [6.07, 6.45) is 3.91. The zero-order chi connectivity index (χ0) is 11.1. The summed E-state index contributed by atoms with van der Waals surface area (Å²) >= 11 is 0. The predicted octanol–water partition coefficient (Wildman–Crippen LogP) is 0.446. The van der Waals surface area contributed by atoms with Gasteiger partial charge in [0.1, 0.15) is 6.61 Å². The van der Waals surface area contributed by atoms with Crippen LogP contribution in [-0.4, -0.2) is 37.7 Å². The van der Waals surface area contributed by atoms with E-state index < -0.39 is 0 Å². The second-order valence-electron chi connectivity index (χ2n) is 3.85. The molecular formula is C11H20N2O2. The average molecular weight is 212 g/mol. The lowest BCUT2D eigenvalue weighted by Gasteiger charge is -2.22. The van der Waals surface area contributed by atoms with E-state index in [-0.39, 0.29) is 24.7 Å². The van der Waals surface area contributed by atoms with Crippen molar-refractivity contribution in [1.29, 1.82) is 0 Å². The van der Waals surface area contributed by atoms with Gasteiger partial charge in [-0.2, -0.15) is 0 Å². The molecule has 1 atom stereocenters. The number of carbonyl (C=O) groups excluding carboxylic acids is 1. The van der Waals surface area contributed by atoms with Gasteiger partial charge in [-0.1, -0.05) is 6.08 Å². The van der Waals surface area contributed by atoms with Crippen LogP contribution in [0.25, 0.3) is 0 Å². The molecule has 1 heterocycles. The molecule has 1 unspecified atom stereocenters. The quantitative estimate of drug-likeness (QED) is 0.650. The lowest BCUT2D eigenvalue weighted by atomic mass is 10.1. The largest absolute Gasteiger partial charge is 0.368 e. The minimum Gasteiger partial charge on any atom is -0.368 e. The van der Waals surface area contributed by atoms with Crippen LogP contribution in [0.2, 0.25) is 0 Å². The average Bonchev–Trinajstić information content (AvgIpc) is 2.27. The molecule has 0 aromatic heterocycles. The Hall–Kier alpha value is -0.870. The monoisotopic (exact) mass is 212 g/mol. The van der Waals surface area contributed by atoms with Gasteiger partial charge >= 0.3 is 0 Å². The number of piperidine rings is 1. The molecule has 2 N–H and O–H groups in total. The third-order valence-corrected chi connectivity index (χ3v) is 2.48. The Morgan fingerprint density at radius 3 is 2.93 bits per heavy atom. The first-order valence-electron chi connectivity index (χ1n) is 5.46. The maximum Gasteiger partial charge on any atom is 0.246 e.